The molecule has 1 aromatic carbocycles. The molecule has 0 saturated carbocycles. The molecule has 98 valence electrons. The number of aryl methyl sites for hydroxylation is 1. The summed E-state index contributed by atoms with van der Waals surface area (Å²) in [4.78, 5) is 23.1. The standard InChI is InChI=1S/C15H15NO3/c1-11-4-3-5-12(8-11)13-6-7-16(14(17)9-13)10-15(18)19-2/h3-9H,10H2,1-2H3. The molecule has 0 saturated heterocycles. The molecule has 4 heteroatoms. The average molecular weight is 257 g/mol. The predicted molar refractivity (Wildman–Crippen MR) is 72.9 cm³/mol. The summed E-state index contributed by atoms with van der Waals surface area (Å²) < 4.78 is 5.87. The van der Waals surface area contributed by atoms with E-state index in [0.717, 1.165) is 16.7 Å². The molecular formula is C15H15NO3. The Balaban J connectivity index is 2.34. The van der Waals surface area contributed by atoms with Gasteiger partial charge >= 0.3 is 5.97 Å². The van der Waals surface area contributed by atoms with Crippen LogP contribution >= 0.6 is 0 Å². The smallest absolute Gasteiger partial charge is 0.325 e. The number of ether oxygens (including phenoxy) is 1. The highest BCUT2D eigenvalue weighted by molar-refractivity contribution is 5.69. The van der Waals surface area contributed by atoms with Crippen molar-refractivity contribution in [1.82, 2.24) is 4.57 Å². The lowest BCUT2D eigenvalue weighted by Gasteiger charge is -2.06. The molecule has 1 aromatic heterocycles. The van der Waals surface area contributed by atoms with Gasteiger partial charge in [0.05, 0.1) is 7.11 Å². The van der Waals surface area contributed by atoms with E-state index in [0.29, 0.717) is 0 Å². The quantitative estimate of drug-likeness (QED) is 0.790. The molecule has 2 aromatic rings. The predicted octanol–water partition coefficient (Wildman–Crippen LogP) is 2.00. The van der Waals surface area contributed by atoms with Gasteiger partial charge in [-0.1, -0.05) is 29.8 Å². The monoisotopic (exact) mass is 257 g/mol. The van der Waals surface area contributed by atoms with Crippen molar-refractivity contribution in [3.63, 3.8) is 0 Å². The molecule has 0 unspecified atom stereocenters. The van der Waals surface area contributed by atoms with Crippen molar-refractivity contribution in [3.8, 4) is 11.1 Å². The van der Waals surface area contributed by atoms with Gasteiger partial charge in [-0.2, -0.15) is 0 Å². The fourth-order valence-electron chi connectivity index (χ4n) is 1.85. The van der Waals surface area contributed by atoms with Gasteiger partial charge < -0.3 is 9.30 Å². The Morgan fingerprint density at radius 2 is 1.95 bits per heavy atom. The minimum atomic E-state index is -0.439. The van der Waals surface area contributed by atoms with E-state index < -0.39 is 5.97 Å². The lowest BCUT2D eigenvalue weighted by molar-refractivity contribution is -0.141. The van der Waals surface area contributed by atoms with Crippen LogP contribution in [0.3, 0.4) is 0 Å². The second-order valence-corrected chi connectivity index (χ2v) is 4.33. The molecule has 0 amide bonds. The molecule has 19 heavy (non-hydrogen) atoms. The lowest BCUT2D eigenvalue weighted by atomic mass is 10.1. The molecule has 0 N–H and O–H groups in total. The minimum absolute atomic E-state index is 0.0660. The van der Waals surface area contributed by atoms with E-state index >= 15 is 0 Å². The number of hydrogen-bond acceptors (Lipinski definition) is 3. The minimum Gasteiger partial charge on any atom is -0.468 e. The molecule has 0 aliphatic heterocycles. The fraction of sp³-hybridized carbons (Fsp3) is 0.200. The number of aromatic nitrogens is 1. The molecule has 0 atom stereocenters. The summed E-state index contributed by atoms with van der Waals surface area (Å²) in [7, 11) is 1.30. The summed E-state index contributed by atoms with van der Waals surface area (Å²) >= 11 is 0. The molecule has 1 heterocycles. The van der Waals surface area contributed by atoms with Gasteiger partial charge in [0.2, 0.25) is 0 Å². The van der Waals surface area contributed by atoms with Crippen molar-refractivity contribution >= 4 is 5.97 Å². The number of esters is 1. The highest BCUT2D eigenvalue weighted by Gasteiger charge is 2.05. The van der Waals surface area contributed by atoms with Crippen LogP contribution in [-0.2, 0) is 16.1 Å². The Morgan fingerprint density at radius 3 is 2.58 bits per heavy atom. The second kappa shape index (κ2) is 5.52. The molecular weight excluding hydrogens is 242 g/mol. The van der Waals surface area contributed by atoms with Gasteiger partial charge in [-0.05, 0) is 24.1 Å². The van der Waals surface area contributed by atoms with E-state index in [4.69, 9.17) is 0 Å². The van der Waals surface area contributed by atoms with Gasteiger partial charge in [0.1, 0.15) is 6.54 Å². The molecule has 2 rings (SSSR count). The summed E-state index contributed by atoms with van der Waals surface area (Å²) in [5, 5.41) is 0. The maximum Gasteiger partial charge on any atom is 0.325 e. The summed E-state index contributed by atoms with van der Waals surface area (Å²) in [6.07, 6.45) is 1.61. The van der Waals surface area contributed by atoms with E-state index in [1.54, 1.807) is 6.20 Å². The SMILES string of the molecule is COC(=O)Cn1ccc(-c2cccc(C)c2)cc1=O. The maximum absolute atomic E-state index is 11.9. The third-order valence-electron chi connectivity index (χ3n) is 2.87. The van der Waals surface area contributed by atoms with Gasteiger partial charge in [-0.25, -0.2) is 0 Å². The van der Waals surface area contributed by atoms with Crippen molar-refractivity contribution in [2.24, 2.45) is 0 Å². The molecule has 0 bridgehead atoms. The number of benzene rings is 1. The summed E-state index contributed by atoms with van der Waals surface area (Å²) in [6, 6.07) is 11.3. The van der Waals surface area contributed by atoms with Crippen LogP contribution < -0.4 is 5.56 Å². The topological polar surface area (TPSA) is 48.3 Å². The zero-order valence-electron chi connectivity index (χ0n) is 10.9. The first-order valence-electron chi connectivity index (χ1n) is 5.94. The molecule has 0 fully saturated rings. The molecule has 0 spiro atoms. The first-order chi connectivity index (χ1) is 9.10. The van der Waals surface area contributed by atoms with Crippen molar-refractivity contribution in [2.75, 3.05) is 7.11 Å². The highest BCUT2D eigenvalue weighted by Crippen LogP contribution is 2.18. The van der Waals surface area contributed by atoms with Crippen molar-refractivity contribution < 1.29 is 9.53 Å². The zero-order chi connectivity index (χ0) is 13.8. The first kappa shape index (κ1) is 13.1. The van der Waals surface area contributed by atoms with E-state index in [-0.39, 0.29) is 12.1 Å². The largest absolute Gasteiger partial charge is 0.468 e. The fourth-order valence-corrected chi connectivity index (χ4v) is 1.85. The van der Waals surface area contributed by atoms with Crippen LogP contribution in [0.4, 0.5) is 0 Å². The van der Waals surface area contributed by atoms with E-state index in [9.17, 15) is 9.59 Å². The second-order valence-electron chi connectivity index (χ2n) is 4.33. The number of rotatable bonds is 3. The van der Waals surface area contributed by atoms with Gasteiger partial charge in [-0.3, -0.25) is 9.59 Å². The highest BCUT2D eigenvalue weighted by atomic mass is 16.5. The van der Waals surface area contributed by atoms with Gasteiger partial charge in [-0.15, -0.1) is 0 Å². The molecule has 4 nitrogen and oxygen atoms in total. The van der Waals surface area contributed by atoms with Crippen molar-refractivity contribution in [1.29, 1.82) is 0 Å². The van der Waals surface area contributed by atoms with E-state index in [2.05, 4.69) is 4.74 Å². The third-order valence-corrected chi connectivity index (χ3v) is 2.87. The van der Waals surface area contributed by atoms with Crippen LogP contribution in [0, 0.1) is 6.92 Å². The van der Waals surface area contributed by atoms with Crippen LogP contribution in [0.15, 0.2) is 47.4 Å². The number of carbonyl (C=O) groups is 1. The summed E-state index contributed by atoms with van der Waals surface area (Å²) in [5.41, 5.74) is 2.75. The van der Waals surface area contributed by atoms with Crippen LogP contribution in [0.25, 0.3) is 11.1 Å². The van der Waals surface area contributed by atoms with Crippen LogP contribution in [-0.4, -0.2) is 17.6 Å². The Kier molecular flexibility index (Phi) is 3.80. The normalized spacial score (nSPS) is 10.2. The maximum atomic E-state index is 11.9. The third kappa shape index (κ3) is 3.10. The summed E-state index contributed by atoms with van der Waals surface area (Å²) in [6.45, 7) is 1.94. The lowest BCUT2D eigenvalue weighted by Crippen LogP contribution is -2.23. The molecule has 0 radical (unpaired) electrons. The van der Waals surface area contributed by atoms with Crippen molar-refractivity contribution in [2.45, 2.75) is 13.5 Å². The van der Waals surface area contributed by atoms with Crippen LogP contribution in [0.5, 0.6) is 0 Å². The molecule has 0 aliphatic carbocycles. The Morgan fingerprint density at radius 1 is 1.21 bits per heavy atom. The molecule has 0 aliphatic rings. The number of nitrogens with zero attached hydrogens (tertiary/aromatic N) is 1. The van der Waals surface area contributed by atoms with Gasteiger partial charge in [0.25, 0.3) is 5.56 Å². The van der Waals surface area contributed by atoms with Gasteiger partial charge in [0, 0.05) is 12.3 Å². The average Bonchev–Trinajstić information content (AvgIpc) is 2.41. The summed E-state index contributed by atoms with van der Waals surface area (Å²) in [5.74, 6) is -0.439. The Bertz CT molecular complexity index is 658. The number of methoxy groups -OCH3 is 1. The number of carbonyl (C=O) groups excluding carboxylic acids is 1. The Hall–Kier alpha value is -2.36. The zero-order valence-corrected chi connectivity index (χ0v) is 10.9. The van der Waals surface area contributed by atoms with E-state index in [1.807, 2.05) is 37.3 Å². The van der Waals surface area contributed by atoms with E-state index in [1.165, 1.54) is 17.7 Å². The van der Waals surface area contributed by atoms with Gasteiger partial charge in [0.15, 0.2) is 0 Å². The van der Waals surface area contributed by atoms with Crippen LogP contribution in [0.1, 0.15) is 5.56 Å². The first-order valence-corrected chi connectivity index (χ1v) is 5.94. The number of pyridine rings is 1. The number of hydrogen-bond donors (Lipinski definition) is 0. The Labute approximate surface area is 111 Å². The van der Waals surface area contributed by atoms with Crippen LogP contribution in [0.2, 0.25) is 0 Å². The van der Waals surface area contributed by atoms with Crippen molar-refractivity contribution in [3.05, 3.63) is 58.5 Å².